The Labute approximate surface area is 133 Å². The summed E-state index contributed by atoms with van der Waals surface area (Å²) in [6.07, 6.45) is 2.35. The molecule has 1 fully saturated rings. The lowest BCUT2D eigenvalue weighted by Crippen LogP contribution is -2.23. The zero-order chi connectivity index (χ0) is 16.1. The summed E-state index contributed by atoms with van der Waals surface area (Å²) in [4.78, 5) is 12.3. The Morgan fingerprint density at radius 1 is 1.18 bits per heavy atom. The molecule has 0 aliphatic heterocycles. The van der Waals surface area contributed by atoms with E-state index in [0.29, 0.717) is 17.8 Å². The first-order valence-corrected chi connectivity index (χ1v) is 8.28. The fourth-order valence-corrected chi connectivity index (χ4v) is 3.68. The predicted molar refractivity (Wildman–Crippen MR) is 88.4 cm³/mol. The topological polar surface area (TPSA) is 26.3 Å². The van der Waals surface area contributed by atoms with Crippen LogP contribution in [0.3, 0.4) is 0 Å². The molecule has 118 valence electrons. The van der Waals surface area contributed by atoms with Gasteiger partial charge in [0.2, 0.25) is 0 Å². The molecule has 0 radical (unpaired) electrons. The SMILES string of the molecule is CC(C)=C(OC(=O)C(C)(C)C)C1[C@H]2CCc3ccccc3[C@@H]12. The lowest BCUT2D eigenvalue weighted by molar-refractivity contribution is -0.149. The fraction of sp³-hybridized carbons (Fsp3) is 0.550. The summed E-state index contributed by atoms with van der Waals surface area (Å²) >= 11 is 0. The first-order valence-electron chi connectivity index (χ1n) is 8.28. The van der Waals surface area contributed by atoms with Gasteiger partial charge in [-0.05, 0) is 76.0 Å². The maximum atomic E-state index is 12.3. The molecule has 0 saturated heterocycles. The van der Waals surface area contributed by atoms with Crippen LogP contribution in [0.25, 0.3) is 0 Å². The number of benzene rings is 1. The normalized spacial score (nSPS) is 25.8. The average molecular weight is 298 g/mol. The molecule has 0 amide bonds. The predicted octanol–water partition coefficient (Wildman–Crippen LogP) is 4.85. The number of hydrogen-bond donors (Lipinski definition) is 0. The highest BCUT2D eigenvalue weighted by Gasteiger charge is 2.56. The van der Waals surface area contributed by atoms with Gasteiger partial charge in [-0.3, -0.25) is 4.79 Å². The van der Waals surface area contributed by atoms with E-state index in [2.05, 4.69) is 38.1 Å². The average Bonchev–Trinajstić information content (AvgIpc) is 3.17. The molecular formula is C20H26O2. The van der Waals surface area contributed by atoms with Gasteiger partial charge < -0.3 is 4.74 Å². The Balaban J connectivity index is 1.85. The van der Waals surface area contributed by atoms with Crippen molar-refractivity contribution in [1.29, 1.82) is 0 Å². The van der Waals surface area contributed by atoms with Gasteiger partial charge in [-0.1, -0.05) is 24.3 Å². The van der Waals surface area contributed by atoms with Crippen LogP contribution in [-0.2, 0) is 16.0 Å². The first kappa shape index (κ1) is 15.3. The number of rotatable bonds is 2. The molecule has 0 heterocycles. The molecule has 0 N–H and O–H groups in total. The number of hydrogen-bond acceptors (Lipinski definition) is 2. The molecule has 0 bridgehead atoms. The molecule has 3 atom stereocenters. The zero-order valence-corrected chi connectivity index (χ0v) is 14.3. The number of carbonyl (C=O) groups is 1. The van der Waals surface area contributed by atoms with E-state index in [-0.39, 0.29) is 5.97 Å². The van der Waals surface area contributed by atoms with Crippen LogP contribution in [0.5, 0.6) is 0 Å². The van der Waals surface area contributed by atoms with Gasteiger partial charge in [0.15, 0.2) is 0 Å². The minimum Gasteiger partial charge on any atom is -0.430 e. The quantitative estimate of drug-likeness (QED) is 0.576. The van der Waals surface area contributed by atoms with Crippen molar-refractivity contribution in [2.24, 2.45) is 17.3 Å². The minimum atomic E-state index is -0.460. The first-order chi connectivity index (χ1) is 10.3. The van der Waals surface area contributed by atoms with Crippen molar-refractivity contribution in [3.8, 4) is 0 Å². The molecule has 0 spiro atoms. The number of esters is 1. The maximum Gasteiger partial charge on any atom is 0.316 e. The summed E-state index contributed by atoms with van der Waals surface area (Å²) in [6.45, 7) is 9.84. The minimum absolute atomic E-state index is 0.124. The van der Waals surface area contributed by atoms with Crippen molar-refractivity contribution >= 4 is 5.97 Å². The van der Waals surface area contributed by atoms with Gasteiger partial charge in [-0.2, -0.15) is 0 Å². The number of fused-ring (bicyclic) bond motifs is 3. The number of allylic oxidation sites excluding steroid dienone is 2. The van der Waals surface area contributed by atoms with Crippen LogP contribution in [0.2, 0.25) is 0 Å². The highest BCUT2D eigenvalue weighted by atomic mass is 16.5. The number of ether oxygens (including phenoxy) is 1. The van der Waals surface area contributed by atoms with Gasteiger partial charge >= 0.3 is 5.97 Å². The van der Waals surface area contributed by atoms with Crippen LogP contribution in [0, 0.1) is 17.3 Å². The third-order valence-corrected chi connectivity index (χ3v) is 4.94. The molecule has 2 aliphatic carbocycles. The van der Waals surface area contributed by atoms with E-state index in [9.17, 15) is 4.79 Å². The highest BCUT2D eigenvalue weighted by Crippen LogP contribution is 2.63. The third kappa shape index (κ3) is 2.60. The van der Waals surface area contributed by atoms with E-state index in [1.165, 1.54) is 17.5 Å². The smallest absolute Gasteiger partial charge is 0.316 e. The summed E-state index contributed by atoms with van der Waals surface area (Å²) in [5.74, 6) is 2.38. The summed E-state index contributed by atoms with van der Waals surface area (Å²) in [6, 6.07) is 8.74. The van der Waals surface area contributed by atoms with Crippen LogP contribution >= 0.6 is 0 Å². The van der Waals surface area contributed by atoms with E-state index < -0.39 is 5.41 Å². The lowest BCUT2D eigenvalue weighted by Gasteiger charge is -2.19. The van der Waals surface area contributed by atoms with Crippen molar-refractivity contribution in [2.45, 2.75) is 53.4 Å². The molecule has 2 heteroatoms. The second-order valence-electron chi connectivity index (χ2n) is 7.96. The van der Waals surface area contributed by atoms with E-state index in [0.717, 1.165) is 17.8 Å². The molecule has 0 aromatic heterocycles. The van der Waals surface area contributed by atoms with Gasteiger partial charge in [0, 0.05) is 5.92 Å². The van der Waals surface area contributed by atoms with Crippen LogP contribution in [0.4, 0.5) is 0 Å². The van der Waals surface area contributed by atoms with Gasteiger partial charge in [-0.25, -0.2) is 0 Å². The van der Waals surface area contributed by atoms with Crippen molar-refractivity contribution in [3.63, 3.8) is 0 Å². The van der Waals surface area contributed by atoms with Crippen LogP contribution in [-0.4, -0.2) is 5.97 Å². The van der Waals surface area contributed by atoms with E-state index >= 15 is 0 Å². The summed E-state index contributed by atoms with van der Waals surface area (Å²) in [5, 5.41) is 0. The van der Waals surface area contributed by atoms with Gasteiger partial charge in [0.1, 0.15) is 5.76 Å². The number of carbonyl (C=O) groups excluding carboxylic acids is 1. The molecule has 1 saturated carbocycles. The molecule has 1 aromatic rings. The standard InChI is InChI=1S/C20H26O2/c1-12(2)18(22-19(21)20(3,4)5)17-15-11-10-13-8-6-7-9-14(13)16(15)17/h6-9,15-17H,10-11H2,1-5H3/t15-,16+,17?/m0/s1. The molecular weight excluding hydrogens is 272 g/mol. The largest absolute Gasteiger partial charge is 0.430 e. The third-order valence-electron chi connectivity index (χ3n) is 4.94. The Bertz CT molecular complexity index is 629. The second-order valence-corrected chi connectivity index (χ2v) is 7.96. The van der Waals surface area contributed by atoms with Gasteiger partial charge in [-0.15, -0.1) is 0 Å². The summed E-state index contributed by atoms with van der Waals surface area (Å²) in [5.41, 5.74) is 3.61. The van der Waals surface area contributed by atoms with Gasteiger partial charge in [0.05, 0.1) is 5.41 Å². The monoisotopic (exact) mass is 298 g/mol. The van der Waals surface area contributed by atoms with E-state index in [4.69, 9.17) is 4.74 Å². The molecule has 22 heavy (non-hydrogen) atoms. The molecule has 2 aliphatic rings. The van der Waals surface area contributed by atoms with Crippen molar-refractivity contribution in [1.82, 2.24) is 0 Å². The van der Waals surface area contributed by atoms with E-state index in [1.807, 2.05) is 20.8 Å². The summed E-state index contributed by atoms with van der Waals surface area (Å²) < 4.78 is 5.85. The maximum absolute atomic E-state index is 12.3. The zero-order valence-electron chi connectivity index (χ0n) is 14.3. The Hall–Kier alpha value is -1.57. The van der Waals surface area contributed by atoms with Crippen LogP contribution < -0.4 is 0 Å². The molecule has 2 nitrogen and oxygen atoms in total. The Morgan fingerprint density at radius 3 is 2.50 bits per heavy atom. The second kappa shape index (κ2) is 5.26. The Morgan fingerprint density at radius 2 is 1.86 bits per heavy atom. The van der Waals surface area contributed by atoms with Crippen LogP contribution in [0.15, 0.2) is 35.6 Å². The number of aryl methyl sites for hydroxylation is 1. The lowest BCUT2D eigenvalue weighted by atomic mass is 9.92. The van der Waals surface area contributed by atoms with Crippen molar-refractivity contribution in [3.05, 3.63) is 46.7 Å². The van der Waals surface area contributed by atoms with Crippen LogP contribution in [0.1, 0.15) is 58.1 Å². The highest BCUT2D eigenvalue weighted by molar-refractivity contribution is 5.76. The summed E-state index contributed by atoms with van der Waals surface area (Å²) in [7, 11) is 0. The van der Waals surface area contributed by atoms with Crippen molar-refractivity contribution < 1.29 is 9.53 Å². The molecule has 1 unspecified atom stereocenters. The van der Waals surface area contributed by atoms with E-state index in [1.54, 1.807) is 0 Å². The molecule has 1 aromatic carbocycles. The fourth-order valence-electron chi connectivity index (χ4n) is 3.68. The van der Waals surface area contributed by atoms with Gasteiger partial charge in [0.25, 0.3) is 0 Å². The molecule has 3 rings (SSSR count). The van der Waals surface area contributed by atoms with Crippen molar-refractivity contribution in [2.75, 3.05) is 0 Å². The Kier molecular flexibility index (Phi) is 3.66.